The molecule has 0 bridgehead atoms. The lowest BCUT2D eigenvalue weighted by molar-refractivity contribution is -0.120. The molecule has 3 rings (SSSR count). The minimum atomic E-state index is 0.251. The molecule has 1 N–H and O–H groups in total. The molecule has 1 saturated heterocycles. The van der Waals surface area contributed by atoms with E-state index in [-0.39, 0.29) is 5.92 Å². The Morgan fingerprint density at radius 3 is 2.85 bits per heavy atom. The van der Waals surface area contributed by atoms with Crippen LogP contribution in [0.25, 0.3) is 0 Å². The third kappa shape index (κ3) is 2.29. The monoisotopic (exact) mass is 295 g/mol. The molecular weight excluding hydrogens is 274 g/mol. The molecule has 110 valence electrons. The second-order valence-electron chi connectivity index (χ2n) is 6.17. The molecule has 20 heavy (non-hydrogen) atoms. The van der Waals surface area contributed by atoms with Gasteiger partial charge in [-0.2, -0.15) is 5.10 Å². The topological polar surface area (TPSA) is 46.9 Å². The molecule has 1 aliphatic heterocycles. The zero-order chi connectivity index (χ0) is 14.3. The number of aromatic nitrogens is 2. The van der Waals surface area contributed by atoms with E-state index in [1.54, 1.807) is 0 Å². The van der Waals surface area contributed by atoms with Crippen LogP contribution in [0.3, 0.4) is 0 Å². The molecule has 1 aliphatic carbocycles. The van der Waals surface area contributed by atoms with Gasteiger partial charge in [-0.3, -0.25) is 9.48 Å². The number of aryl methyl sites for hydroxylation is 2. The van der Waals surface area contributed by atoms with Crippen molar-refractivity contribution in [3.05, 3.63) is 16.4 Å². The molecule has 1 unspecified atom stereocenters. The van der Waals surface area contributed by atoms with E-state index in [9.17, 15) is 4.79 Å². The number of ketones is 1. The summed E-state index contributed by atoms with van der Waals surface area (Å²) < 4.78 is 1.87. The van der Waals surface area contributed by atoms with Crippen molar-refractivity contribution in [2.75, 3.05) is 13.1 Å². The highest BCUT2D eigenvalue weighted by molar-refractivity contribution is 6.32. The van der Waals surface area contributed by atoms with Crippen molar-refractivity contribution in [2.45, 2.75) is 46.1 Å². The van der Waals surface area contributed by atoms with E-state index in [2.05, 4.69) is 10.4 Å². The quantitative estimate of drug-likeness (QED) is 0.927. The van der Waals surface area contributed by atoms with Crippen LogP contribution in [-0.4, -0.2) is 28.7 Å². The first-order chi connectivity index (χ1) is 9.57. The lowest BCUT2D eigenvalue weighted by Gasteiger charge is -2.23. The average Bonchev–Trinajstić information content (AvgIpc) is 3.08. The number of nitrogens with zero attached hydrogens (tertiary/aromatic N) is 2. The van der Waals surface area contributed by atoms with Crippen LogP contribution in [0.15, 0.2) is 0 Å². The number of hydrogen-bond acceptors (Lipinski definition) is 3. The van der Waals surface area contributed by atoms with Gasteiger partial charge in [0, 0.05) is 12.5 Å². The number of carbonyl (C=O) groups excluding carboxylic acids is 1. The number of piperidine rings is 1. The molecule has 1 spiro atoms. The summed E-state index contributed by atoms with van der Waals surface area (Å²) in [5, 5.41) is 8.43. The number of halogens is 1. The zero-order valence-electron chi connectivity index (χ0n) is 12.2. The minimum Gasteiger partial charge on any atom is -0.317 e. The van der Waals surface area contributed by atoms with Gasteiger partial charge in [0.05, 0.1) is 22.8 Å². The van der Waals surface area contributed by atoms with Crippen LogP contribution in [0.4, 0.5) is 0 Å². The molecule has 0 aromatic carbocycles. The first-order valence-electron chi connectivity index (χ1n) is 7.52. The number of hydrogen-bond donors (Lipinski definition) is 1. The third-order valence-electron chi connectivity index (χ3n) is 4.97. The molecule has 5 heteroatoms. The second-order valence-corrected chi connectivity index (χ2v) is 6.55. The maximum atomic E-state index is 12.6. The molecule has 2 heterocycles. The molecule has 1 atom stereocenters. The van der Waals surface area contributed by atoms with Crippen LogP contribution in [0.5, 0.6) is 0 Å². The van der Waals surface area contributed by atoms with Crippen LogP contribution in [0, 0.1) is 18.3 Å². The van der Waals surface area contributed by atoms with E-state index in [0.29, 0.717) is 22.6 Å². The Kier molecular flexibility index (Phi) is 3.63. The Hall–Kier alpha value is -0.870. The van der Waals surface area contributed by atoms with Crippen LogP contribution < -0.4 is 5.32 Å². The van der Waals surface area contributed by atoms with Crippen LogP contribution in [0.1, 0.15) is 37.6 Å². The van der Waals surface area contributed by atoms with E-state index in [0.717, 1.165) is 50.3 Å². The fourth-order valence-corrected chi connectivity index (χ4v) is 3.81. The summed E-state index contributed by atoms with van der Waals surface area (Å²) in [6.07, 6.45) is 3.80. The highest BCUT2D eigenvalue weighted by atomic mass is 35.5. The predicted octanol–water partition coefficient (Wildman–Crippen LogP) is 2.37. The van der Waals surface area contributed by atoms with E-state index in [4.69, 9.17) is 11.6 Å². The van der Waals surface area contributed by atoms with E-state index >= 15 is 0 Å². The normalized spacial score (nSPS) is 24.1. The Labute approximate surface area is 124 Å². The fourth-order valence-electron chi connectivity index (χ4n) is 3.61. The van der Waals surface area contributed by atoms with Crippen molar-refractivity contribution in [2.24, 2.45) is 11.3 Å². The van der Waals surface area contributed by atoms with Crippen LogP contribution >= 0.6 is 11.6 Å². The highest BCUT2D eigenvalue weighted by Crippen LogP contribution is 2.59. The maximum Gasteiger partial charge on any atom is 0.142 e. The summed E-state index contributed by atoms with van der Waals surface area (Å²) in [5.41, 5.74) is 2.03. The minimum absolute atomic E-state index is 0.251. The number of nitrogens with one attached hydrogen (secondary N) is 1. The molecule has 0 amide bonds. The Morgan fingerprint density at radius 1 is 1.50 bits per heavy atom. The van der Waals surface area contributed by atoms with Gasteiger partial charge in [-0.25, -0.2) is 0 Å². The predicted molar refractivity (Wildman–Crippen MR) is 79.0 cm³/mol. The van der Waals surface area contributed by atoms with Crippen molar-refractivity contribution < 1.29 is 4.79 Å². The molecule has 1 aromatic heterocycles. The first kappa shape index (κ1) is 14.1. The molecule has 1 aromatic rings. The number of carbonyl (C=O) groups is 1. The van der Waals surface area contributed by atoms with Gasteiger partial charge >= 0.3 is 0 Å². The molecule has 4 nitrogen and oxygen atoms in total. The van der Waals surface area contributed by atoms with Crippen molar-refractivity contribution >= 4 is 17.4 Å². The van der Waals surface area contributed by atoms with Gasteiger partial charge in [0.15, 0.2) is 0 Å². The van der Waals surface area contributed by atoms with Gasteiger partial charge in [-0.15, -0.1) is 0 Å². The van der Waals surface area contributed by atoms with Gasteiger partial charge in [-0.1, -0.05) is 11.6 Å². The number of Topliss-reactive ketones (excluding diaryl/α,β-unsaturated/α-hetero) is 1. The molecule has 2 aliphatic rings. The van der Waals surface area contributed by atoms with E-state index < -0.39 is 0 Å². The molecule has 0 radical (unpaired) electrons. The zero-order valence-corrected chi connectivity index (χ0v) is 13.0. The fraction of sp³-hybridized carbons (Fsp3) is 0.733. The standard InChI is InChI=1S/C15H22ClN3O/c1-3-19-12(14(16)10(2)18-19)8-13(20)11-9-15(11)4-6-17-7-5-15/h11,17H,3-9H2,1-2H3. The third-order valence-corrected chi connectivity index (χ3v) is 5.46. The molecular formula is C15H22ClN3O. The van der Waals surface area contributed by atoms with Crippen LogP contribution in [0.2, 0.25) is 5.02 Å². The largest absolute Gasteiger partial charge is 0.317 e. The second kappa shape index (κ2) is 5.15. The van der Waals surface area contributed by atoms with Crippen molar-refractivity contribution in [3.8, 4) is 0 Å². The Bertz CT molecular complexity index is 531. The molecule has 1 saturated carbocycles. The summed E-state index contributed by atoms with van der Waals surface area (Å²) in [6, 6.07) is 0. The summed E-state index contributed by atoms with van der Waals surface area (Å²) in [6.45, 7) is 6.79. The number of rotatable bonds is 4. The van der Waals surface area contributed by atoms with Crippen molar-refractivity contribution in [1.29, 1.82) is 0 Å². The SMILES string of the molecule is CCn1nc(C)c(Cl)c1CC(=O)C1CC12CCNCC2. The van der Waals surface area contributed by atoms with Crippen LogP contribution in [-0.2, 0) is 17.8 Å². The van der Waals surface area contributed by atoms with E-state index in [1.807, 2.05) is 18.5 Å². The lowest BCUT2D eigenvalue weighted by atomic mass is 9.90. The average molecular weight is 296 g/mol. The first-order valence-corrected chi connectivity index (χ1v) is 7.90. The highest BCUT2D eigenvalue weighted by Gasteiger charge is 2.57. The van der Waals surface area contributed by atoms with E-state index in [1.165, 1.54) is 0 Å². The Balaban J connectivity index is 1.71. The lowest BCUT2D eigenvalue weighted by Crippen LogP contribution is -2.31. The summed E-state index contributed by atoms with van der Waals surface area (Å²) in [5.74, 6) is 0.601. The van der Waals surface area contributed by atoms with Gasteiger partial charge in [-0.05, 0) is 51.6 Å². The van der Waals surface area contributed by atoms with Gasteiger partial charge in [0.1, 0.15) is 5.78 Å². The summed E-state index contributed by atoms with van der Waals surface area (Å²) in [7, 11) is 0. The van der Waals surface area contributed by atoms with Gasteiger partial charge < -0.3 is 5.32 Å². The summed E-state index contributed by atoms with van der Waals surface area (Å²) in [4.78, 5) is 12.6. The molecule has 2 fully saturated rings. The Morgan fingerprint density at radius 2 is 2.20 bits per heavy atom. The van der Waals surface area contributed by atoms with Crippen molar-refractivity contribution in [3.63, 3.8) is 0 Å². The maximum absolute atomic E-state index is 12.6. The van der Waals surface area contributed by atoms with Crippen molar-refractivity contribution in [1.82, 2.24) is 15.1 Å². The smallest absolute Gasteiger partial charge is 0.142 e. The van der Waals surface area contributed by atoms with Gasteiger partial charge in [0.25, 0.3) is 0 Å². The van der Waals surface area contributed by atoms with Gasteiger partial charge in [0.2, 0.25) is 0 Å². The summed E-state index contributed by atoms with van der Waals surface area (Å²) >= 11 is 6.29.